The molecule has 2 heterocycles. The Morgan fingerprint density at radius 3 is 2.68 bits per heavy atom. The van der Waals surface area contributed by atoms with Gasteiger partial charge in [0.25, 0.3) is 5.91 Å². The Bertz CT molecular complexity index is 814. The van der Waals surface area contributed by atoms with Gasteiger partial charge in [-0.2, -0.15) is 0 Å². The van der Waals surface area contributed by atoms with E-state index in [0.717, 1.165) is 33.8 Å². The number of hydrogen-bond donors (Lipinski definition) is 1. The van der Waals surface area contributed by atoms with Crippen LogP contribution in [0.1, 0.15) is 26.8 Å². The Balaban J connectivity index is 1.72. The third kappa shape index (κ3) is 3.12. The van der Waals surface area contributed by atoms with Crippen LogP contribution in [-0.2, 0) is 6.42 Å². The van der Waals surface area contributed by atoms with Crippen molar-refractivity contribution < 1.29 is 4.79 Å². The van der Waals surface area contributed by atoms with Crippen LogP contribution in [0.2, 0.25) is 0 Å². The number of nitrogens with zero attached hydrogens (tertiary/aromatic N) is 3. The minimum atomic E-state index is -0.0986. The normalized spacial score (nSPS) is 10.8. The van der Waals surface area contributed by atoms with Gasteiger partial charge in [-0.05, 0) is 32.0 Å². The van der Waals surface area contributed by atoms with Crippen LogP contribution in [-0.4, -0.2) is 27.4 Å². The first kappa shape index (κ1) is 14.6. The molecule has 2 aromatic heterocycles. The van der Waals surface area contributed by atoms with Gasteiger partial charge in [-0.3, -0.25) is 4.79 Å². The predicted molar refractivity (Wildman–Crippen MR) is 87.2 cm³/mol. The Morgan fingerprint density at radius 1 is 1.18 bits per heavy atom. The van der Waals surface area contributed by atoms with Crippen molar-refractivity contribution in [1.29, 1.82) is 0 Å². The first-order chi connectivity index (χ1) is 10.6. The third-order valence-electron chi connectivity index (χ3n) is 3.45. The standard InChI is InChI=1S/C16H16N4OS/c1-10-11(2)20-14-9-12(3-4-13(14)19-10)16(21)18-6-5-15-17-7-8-22-15/h3-4,7-9H,5-6H2,1-2H3,(H,18,21). The van der Waals surface area contributed by atoms with Gasteiger partial charge in [-0.25, -0.2) is 15.0 Å². The minimum Gasteiger partial charge on any atom is -0.352 e. The van der Waals surface area contributed by atoms with Crippen LogP contribution in [0.25, 0.3) is 11.0 Å². The van der Waals surface area contributed by atoms with Gasteiger partial charge in [-0.15, -0.1) is 11.3 Å². The van der Waals surface area contributed by atoms with Crippen molar-refractivity contribution in [3.05, 3.63) is 51.7 Å². The van der Waals surface area contributed by atoms with Gasteiger partial charge in [0.15, 0.2) is 0 Å². The number of aromatic nitrogens is 3. The largest absolute Gasteiger partial charge is 0.352 e. The van der Waals surface area contributed by atoms with Crippen LogP contribution in [0.4, 0.5) is 0 Å². The van der Waals surface area contributed by atoms with Crippen molar-refractivity contribution in [2.75, 3.05) is 6.54 Å². The smallest absolute Gasteiger partial charge is 0.251 e. The highest BCUT2D eigenvalue weighted by molar-refractivity contribution is 7.09. The lowest BCUT2D eigenvalue weighted by Crippen LogP contribution is -2.25. The number of carbonyl (C=O) groups is 1. The van der Waals surface area contributed by atoms with Gasteiger partial charge >= 0.3 is 0 Å². The maximum absolute atomic E-state index is 12.2. The van der Waals surface area contributed by atoms with E-state index in [4.69, 9.17) is 0 Å². The molecule has 0 saturated carbocycles. The molecular formula is C16H16N4OS. The third-order valence-corrected chi connectivity index (χ3v) is 4.28. The number of amides is 1. The summed E-state index contributed by atoms with van der Waals surface area (Å²) in [7, 11) is 0. The van der Waals surface area contributed by atoms with Crippen molar-refractivity contribution in [1.82, 2.24) is 20.3 Å². The van der Waals surface area contributed by atoms with E-state index in [9.17, 15) is 4.79 Å². The molecule has 5 nitrogen and oxygen atoms in total. The lowest BCUT2D eigenvalue weighted by molar-refractivity contribution is 0.0954. The monoisotopic (exact) mass is 312 g/mol. The van der Waals surface area contributed by atoms with Crippen LogP contribution in [0.5, 0.6) is 0 Å². The molecule has 3 rings (SSSR count). The Labute approximate surface area is 132 Å². The van der Waals surface area contributed by atoms with E-state index in [-0.39, 0.29) is 5.91 Å². The van der Waals surface area contributed by atoms with E-state index in [1.54, 1.807) is 29.7 Å². The number of aryl methyl sites for hydroxylation is 2. The molecule has 1 amide bonds. The fourth-order valence-corrected chi connectivity index (χ4v) is 2.75. The summed E-state index contributed by atoms with van der Waals surface area (Å²) in [6, 6.07) is 5.41. The van der Waals surface area contributed by atoms with E-state index in [2.05, 4.69) is 20.3 Å². The van der Waals surface area contributed by atoms with Gasteiger partial charge in [0.2, 0.25) is 0 Å². The molecule has 22 heavy (non-hydrogen) atoms. The predicted octanol–water partition coefficient (Wildman–Crippen LogP) is 2.68. The van der Waals surface area contributed by atoms with E-state index in [0.29, 0.717) is 12.1 Å². The summed E-state index contributed by atoms with van der Waals surface area (Å²) < 4.78 is 0. The quantitative estimate of drug-likeness (QED) is 0.804. The number of rotatable bonds is 4. The molecule has 6 heteroatoms. The molecule has 0 aliphatic carbocycles. The maximum Gasteiger partial charge on any atom is 0.251 e. The summed E-state index contributed by atoms with van der Waals surface area (Å²) in [6.07, 6.45) is 2.52. The molecule has 0 saturated heterocycles. The minimum absolute atomic E-state index is 0.0986. The van der Waals surface area contributed by atoms with Crippen LogP contribution in [0, 0.1) is 13.8 Å². The second kappa shape index (κ2) is 6.19. The first-order valence-electron chi connectivity index (χ1n) is 7.05. The molecule has 0 aliphatic heterocycles. The molecule has 3 aromatic rings. The van der Waals surface area contributed by atoms with Crippen molar-refractivity contribution in [3.63, 3.8) is 0 Å². The maximum atomic E-state index is 12.2. The van der Waals surface area contributed by atoms with Crippen molar-refractivity contribution in [3.8, 4) is 0 Å². The number of fused-ring (bicyclic) bond motifs is 1. The summed E-state index contributed by atoms with van der Waals surface area (Å²) >= 11 is 1.59. The van der Waals surface area contributed by atoms with Crippen LogP contribution >= 0.6 is 11.3 Å². The first-order valence-corrected chi connectivity index (χ1v) is 7.93. The number of thiazole rings is 1. The van der Waals surface area contributed by atoms with Crippen molar-refractivity contribution >= 4 is 28.3 Å². The summed E-state index contributed by atoms with van der Waals surface area (Å²) in [6.45, 7) is 4.42. The van der Waals surface area contributed by atoms with Gasteiger partial charge in [0, 0.05) is 30.1 Å². The molecule has 1 aromatic carbocycles. The second-order valence-electron chi connectivity index (χ2n) is 5.03. The van der Waals surface area contributed by atoms with Crippen LogP contribution in [0.15, 0.2) is 29.8 Å². The summed E-state index contributed by atoms with van der Waals surface area (Å²) in [5.74, 6) is -0.0986. The molecule has 0 spiro atoms. The lowest BCUT2D eigenvalue weighted by Gasteiger charge is -2.06. The SMILES string of the molecule is Cc1nc2ccc(C(=O)NCCc3nccs3)cc2nc1C. The fourth-order valence-electron chi connectivity index (χ4n) is 2.13. The van der Waals surface area contributed by atoms with Crippen molar-refractivity contribution in [2.45, 2.75) is 20.3 Å². The van der Waals surface area contributed by atoms with E-state index in [1.165, 1.54) is 0 Å². The van der Waals surface area contributed by atoms with Gasteiger partial charge < -0.3 is 5.32 Å². The fraction of sp³-hybridized carbons (Fsp3) is 0.250. The lowest BCUT2D eigenvalue weighted by atomic mass is 10.1. The summed E-state index contributed by atoms with van der Waals surface area (Å²) in [5, 5.41) is 5.87. The molecule has 0 fully saturated rings. The highest BCUT2D eigenvalue weighted by Gasteiger charge is 2.08. The molecule has 0 bridgehead atoms. The van der Waals surface area contributed by atoms with Gasteiger partial charge in [0.1, 0.15) is 0 Å². The molecule has 112 valence electrons. The Morgan fingerprint density at radius 2 is 1.95 bits per heavy atom. The molecular weight excluding hydrogens is 296 g/mol. The van der Waals surface area contributed by atoms with Crippen LogP contribution in [0.3, 0.4) is 0 Å². The highest BCUT2D eigenvalue weighted by atomic mass is 32.1. The van der Waals surface area contributed by atoms with Crippen LogP contribution < -0.4 is 5.32 Å². The molecule has 0 aliphatic rings. The van der Waals surface area contributed by atoms with E-state index < -0.39 is 0 Å². The van der Waals surface area contributed by atoms with Crippen molar-refractivity contribution in [2.24, 2.45) is 0 Å². The molecule has 1 N–H and O–H groups in total. The van der Waals surface area contributed by atoms with E-state index in [1.807, 2.05) is 25.3 Å². The summed E-state index contributed by atoms with van der Waals surface area (Å²) in [4.78, 5) is 25.3. The number of carbonyl (C=O) groups excluding carboxylic acids is 1. The van der Waals surface area contributed by atoms with E-state index >= 15 is 0 Å². The second-order valence-corrected chi connectivity index (χ2v) is 6.01. The number of nitrogens with one attached hydrogen (secondary N) is 1. The molecule has 0 unspecified atom stereocenters. The highest BCUT2D eigenvalue weighted by Crippen LogP contribution is 2.14. The topological polar surface area (TPSA) is 67.8 Å². The molecule has 0 radical (unpaired) electrons. The number of benzene rings is 1. The summed E-state index contributed by atoms with van der Waals surface area (Å²) in [5.41, 5.74) is 3.95. The van der Waals surface area contributed by atoms with Gasteiger partial charge in [0.05, 0.1) is 27.4 Å². The average molecular weight is 312 g/mol. The zero-order valence-corrected chi connectivity index (χ0v) is 13.3. The average Bonchev–Trinajstić information content (AvgIpc) is 3.01. The molecule has 0 atom stereocenters. The van der Waals surface area contributed by atoms with Gasteiger partial charge in [-0.1, -0.05) is 0 Å². The Kier molecular flexibility index (Phi) is 4.11. The zero-order valence-electron chi connectivity index (χ0n) is 12.5. The zero-order chi connectivity index (χ0) is 15.5. The number of hydrogen-bond acceptors (Lipinski definition) is 5. The Hall–Kier alpha value is -2.34.